The molecule has 2 fully saturated rings. The molecular formula is C36H40F6N2O5. The molecular weight excluding hydrogens is 654 g/mol. The van der Waals surface area contributed by atoms with Gasteiger partial charge >= 0.3 is 18.3 Å². The first kappa shape index (κ1) is 36.3. The Labute approximate surface area is 281 Å². The van der Waals surface area contributed by atoms with E-state index in [1.807, 2.05) is 25.1 Å². The number of benzene rings is 3. The Morgan fingerprint density at radius 1 is 0.776 bits per heavy atom. The van der Waals surface area contributed by atoms with E-state index in [1.165, 1.54) is 25.3 Å². The molecule has 0 aromatic heterocycles. The lowest BCUT2D eigenvalue weighted by Gasteiger charge is -2.37. The van der Waals surface area contributed by atoms with E-state index in [-0.39, 0.29) is 30.5 Å². The molecule has 0 saturated carbocycles. The summed E-state index contributed by atoms with van der Waals surface area (Å²) in [6.07, 6.45) is -7.27. The quantitative estimate of drug-likeness (QED) is 0.196. The third-order valence-corrected chi connectivity index (χ3v) is 9.35. The van der Waals surface area contributed by atoms with Crippen LogP contribution in [0.25, 0.3) is 0 Å². The van der Waals surface area contributed by atoms with E-state index in [1.54, 1.807) is 24.3 Å². The number of esters is 1. The smallest absolute Gasteiger partial charge is 0.416 e. The van der Waals surface area contributed by atoms with Gasteiger partial charge in [-0.25, -0.2) is 0 Å². The number of alkyl halides is 6. The molecule has 13 heteroatoms. The summed E-state index contributed by atoms with van der Waals surface area (Å²) in [7, 11) is 5.22. The Kier molecular flexibility index (Phi) is 11.3. The molecule has 3 aromatic rings. The first-order valence-electron chi connectivity index (χ1n) is 16.0. The van der Waals surface area contributed by atoms with Gasteiger partial charge in [0.05, 0.1) is 30.8 Å². The maximum Gasteiger partial charge on any atom is 0.416 e. The van der Waals surface area contributed by atoms with Crippen LogP contribution in [0.2, 0.25) is 0 Å². The molecule has 0 spiro atoms. The summed E-state index contributed by atoms with van der Waals surface area (Å²) >= 11 is 0. The molecule has 2 saturated heterocycles. The van der Waals surface area contributed by atoms with Crippen LogP contribution >= 0.6 is 0 Å². The summed E-state index contributed by atoms with van der Waals surface area (Å²) in [5.74, 6) is 1.07. The maximum absolute atomic E-state index is 13.1. The molecule has 0 N–H and O–H groups in total. The number of hydrogen-bond acceptors (Lipinski definition) is 7. The maximum atomic E-state index is 13.1. The summed E-state index contributed by atoms with van der Waals surface area (Å²) in [6.45, 7) is 3.48. The SMILES string of the molecule is CN1CCC(c2cccc(C(F)(F)F)c2)C(COc2ccc3c(c2)OCO3)C1.COC(=O)C1CN(C)CCC1c1cccc(C(F)(F)F)c1. The molecule has 3 heterocycles. The molecule has 49 heavy (non-hydrogen) atoms. The number of fused-ring (bicyclic) bond motifs is 1. The zero-order valence-electron chi connectivity index (χ0n) is 27.5. The van der Waals surface area contributed by atoms with E-state index < -0.39 is 29.4 Å². The first-order valence-corrected chi connectivity index (χ1v) is 16.0. The van der Waals surface area contributed by atoms with Crippen LogP contribution in [0, 0.1) is 11.8 Å². The number of hydrogen-bond donors (Lipinski definition) is 0. The van der Waals surface area contributed by atoms with Gasteiger partial charge in [-0.05, 0) is 87.3 Å². The minimum Gasteiger partial charge on any atom is -0.493 e. The van der Waals surface area contributed by atoms with Crippen LogP contribution in [0.15, 0.2) is 66.7 Å². The van der Waals surface area contributed by atoms with E-state index in [2.05, 4.69) is 4.90 Å². The van der Waals surface area contributed by atoms with Gasteiger partial charge in [0, 0.05) is 25.1 Å². The van der Waals surface area contributed by atoms with Crippen molar-refractivity contribution in [3.8, 4) is 17.2 Å². The highest BCUT2D eigenvalue weighted by atomic mass is 19.4. The third kappa shape index (κ3) is 9.18. The van der Waals surface area contributed by atoms with Crippen molar-refractivity contribution in [1.82, 2.24) is 9.80 Å². The molecule has 0 aliphatic carbocycles. The Balaban J connectivity index is 0.000000200. The summed E-state index contributed by atoms with van der Waals surface area (Å²) in [5.41, 5.74) is -0.00236. The second-order valence-corrected chi connectivity index (χ2v) is 12.8. The zero-order chi connectivity index (χ0) is 35.3. The molecule has 3 aromatic carbocycles. The van der Waals surface area contributed by atoms with Gasteiger partial charge in [0.15, 0.2) is 11.5 Å². The van der Waals surface area contributed by atoms with Gasteiger partial charge in [-0.15, -0.1) is 0 Å². The van der Waals surface area contributed by atoms with E-state index in [4.69, 9.17) is 18.9 Å². The Bertz CT molecular complexity index is 1580. The number of halogens is 6. The van der Waals surface area contributed by atoms with Crippen LogP contribution in [0.5, 0.6) is 17.2 Å². The summed E-state index contributed by atoms with van der Waals surface area (Å²) in [6, 6.07) is 16.3. The van der Waals surface area contributed by atoms with Crippen molar-refractivity contribution in [2.75, 3.05) is 60.8 Å². The topological polar surface area (TPSA) is 60.5 Å². The predicted octanol–water partition coefficient (Wildman–Crippen LogP) is 7.46. The summed E-state index contributed by atoms with van der Waals surface area (Å²) in [4.78, 5) is 16.1. The van der Waals surface area contributed by atoms with E-state index in [0.717, 1.165) is 49.8 Å². The van der Waals surface area contributed by atoms with Crippen LogP contribution < -0.4 is 14.2 Å². The van der Waals surface area contributed by atoms with E-state index in [0.29, 0.717) is 42.4 Å². The van der Waals surface area contributed by atoms with Gasteiger partial charge in [-0.1, -0.05) is 36.4 Å². The second kappa shape index (κ2) is 15.3. The van der Waals surface area contributed by atoms with Crippen LogP contribution in [-0.4, -0.2) is 76.6 Å². The lowest BCUT2D eigenvalue weighted by molar-refractivity contribution is -0.148. The number of carbonyl (C=O) groups excluding carboxylic acids is 1. The van der Waals surface area contributed by atoms with E-state index in [9.17, 15) is 31.1 Å². The van der Waals surface area contributed by atoms with Crippen molar-refractivity contribution >= 4 is 5.97 Å². The molecule has 3 aliphatic heterocycles. The lowest BCUT2D eigenvalue weighted by Crippen LogP contribution is -2.41. The molecule has 3 aliphatic rings. The van der Waals surface area contributed by atoms with Crippen molar-refractivity contribution in [1.29, 1.82) is 0 Å². The summed E-state index contributed by atoms with van der Waals surface area (Å²) < 4.78 is 99.3. The Hall–Kier alpha value is -3.97. The van der Waals surface area contributed by atoms with Crippen molar-refractivity contribution in [3.63, 3.8) is 0 Å². The highest BCUT2D eigenvalue weighted by molar-refractivity contribution is 5.74. The van der Waals surface area contributed by atoms with Crippen LogP contribution in [0.3, 0.4) is 0 Å². The van der Waals surface area contributed by atoms with Gasteiger partial charge in [-0.3, -0.25) is 4.79 Å². The van der Waals surface area contributed by atoms with Crippen molar-refractivity contribution in [3.05, 3.63) is 89.0 Å². The standard InChI is InChI=1S/C21H22F3NO3.C15H18F3NO2/c1-25-8-7-18(14-3-2-4-16(9-14)21(22,23)24)15(11-25)12-26-17-5-6-19-20(10-17)28-13-27-19;1-19-7-6-12(13(9-19)14(20)21-2)10-4-3-5-11(8-10)15(16,17)18/h2-6,9-10,15,18H,7-8,11-13H2,1H3;3-5,8,12-13H,6-7,9H2,1-2H3. The van der Waals surface area contributed by atoms with Crippen LogP contribution in [0.4, 0.5) is 26.3 Å². The number of likely N-dealkylation sites (tertiary alicyclic amines) is 2. The average molecular weight is 695 g/mol. The Morgan fingerprint density at radius 2 is 1.35 bits per heavy atom. The molecule has 7 nitrogen and oxygen atoms in total. The fourth-order valence-corrected chi connectivity index (χ4v) is 6.79. The predicted molar refractivity (Wildman–Crippen MR) is 170 cm³/mol. The molecule has 4 unspecified atom stereocenters. The number of ether oxygens (including phenoxy) is 4. The van der Waals surface area contributed by atoms with Crippen molar-refractivity contribution in [2.45, 2.75) is 37.0 Å². The Morgan fingerprint density at radius 3 is 1.96 bits per heavy atom. The molecule has 0 bridgehead atoms. The van der Waals surface area contributed by atoms with Gasteiger partial charge < -0.3 is 28.7 Å². The number of rotatable bonds is 6. The van der Waals surface area contributed by atoms with Gasteiger partial charge in [-0.2, -0.15) is 26.3 Å². The highest BCUT2D eigenvalue weighted by Gasteiger charge is 2.37. The summed E-state index contributed by atoms with van der Waals surface area (Å²) in [5, 5.41) is 0. The fourth-order valence-electron chi connectivity index (χ4n) is 6.79. The molecule has 6 rings (SSSR count). The molecule has 0 radical (unpaired) electrons. The van der Waals surface area contributed by atoms with Gasteiger partial charge in [0.25, 0.3) is 0 Å². The number of methoxy groups -OCH3 is 1. The number of piperidine rings is 2. The molecule has 0 amide bonds. The number of nitrogens with zero attached hydrogens (tertiary/aromatic N) is 2. The van der Waals surface area contributed by atoms with Gasteiger partial charge in [0.2, 0.25) is 6.79 Å². The van der Waals surface area contributed by atoms with Crippen molar-refractivity contribution in [2.24, 2.45) is 11.8 Å². The minimum absolute atomic E-state index is 0.0208. The van der Waals surface area contributed by atoms with E-state index >= 15 is 0 Å². The third-order valence-electron chi connectivity index (χ3n) is 9.35. The first-order chi connectivity index (χ1) is 23.2. The number of carbonyl (C=O) groups is 1. The monoisotopic (exact) mass is 694 g/mol. The lowest BCUT2D eigenvalue weighted by atomic mass is 9.80. The average Bonchev–Trinajstić information content (AvgIpc) is 3.55. The zero-order valence-corrected chi connectivity index (χ0v) is 27.5. The highest BCUT2D eigenvalue weighted by Crippen LogP contribution is 2.39. The van der Waals surface area contributed by atoms with Crippen molar-refractivity contribution < 1.29 is 50.1 Å². The molecule has 266 valence electrons. The van der Waals surface area contributed by atoms with Crippen LogP contribution in [0.1, 0.15) is 46.9 Å². The largest absolute Gasteiger partial charge is 0.493 e. The molecule has 4 atom stereocenters. The van der Waals surface area contributed by atoms with Gasteiger partial charge in [0.1, 0.15) is 5.75 Å². The van der Waals surface area contributed by atoms with Crippen LogP contribution in [-0.2, 0) is 21.9 Å². The second-order valence-electron chi connectivity index (χ2n) is 12.8. The normalized spacial score (nSPS) is 23.0. The fraction of sp³-hybridized carbons (Fsp3) is 0.472. The minimum atomic E-state index is -4.37.